The standard InChI is InChI=1S/C14H22N3S/c15-13(6-9-17-10-7-16-8-11-17)12-18-14-4-2-1-3-5-14/h1-5,13,15-16H,6-12H2/t13-/m1/s1. The predicted molar refractivity (Wildman–Crippen MR) is 78.0 cm³/mol. The molecule has 0 aromatic heterocycles. The van der Waals surface area contributed by atoms with Crippen LogP contribution in [0, 0.1) is 0 Å². The van der Waals surface area contributed by atoms with E-state index >= 15 is 0 Å². The minimum atomic E-state index is 0.0464. The third kappa shape index (κ3) is 4.98. The number of benzene rings is 1. The zero-order valence-corrected chi connectivity index (χ0v) is 11.6. The Labute approximate surface area is 114 Å². The molecule has 4 heteroatoms. The van der Waals surface area contributed by atoms with Crippen LogP contribution in [-0.2, 0) is 0 Å². The molecule has 99 valence electrons. The van der Waals surface area contributed by atoms with E-state index < -0.39 is 0 Å². The fourth-order valence-corrected chi connectivity index (χ4v) is 2.98. The van der Waals surface area contributed by atoms with Crippen LogP contribution >= 0.6 is 11.8 Å². The maximum Gasteiger partial charge on any atom is 0.0319 e. The molecule has 1 aliphatic heterocycles. The lowest BCUT2D eigenvalue weighted by atomic mass is 10.2. The van der Waals surface area contributed by atoms with E-state index in [-0.39, 0.29) is 6.04 Å². The van der Waals surface area contributed by atoms with Gasteiger partial charge in [-0.25, -0.2) is 0 Å². The summed E-state index contributed by atoms with van der Waals surface area (Å²) < 4.78 is 0. The first-order chi connectivity index (χ1) is 8.84. The maximum absolute atomic E-state index is 8.08. The quantitative estimate of drug-likeness (QED) is 0.795. The van der Waals surface area contributed by atoms with Crippen LogP contribution in [-0.4, -0.2) is 49.4 Å². The third-order valence-corrected chi connectivity index (χ3v) is 4.37. The Hall–Kier alpha value is -0.550. The van der Waals surface area contributed by atoms with Crippen LogP contribution in [0.4, 0.5) is 0 Å². The zero-order valence-electron chi connectivity index (χ0n) is 10.8. The van der Waals surface area contributed by atoms with Crippen molar-refractivity contribution in [2.75, 3.05) is 38.5 Å². The summed E-state index contributed by atoms with van der Waals surface area (Å²) in [4.78, 5) is 3.74. The van der Waals surface area contributed by atoms with Gasteiger partial charge < -0.3 is 10.2 Å². The first kappa shape index (κ1) is 13.9. The molecule has 1 heterocycles. The number of piperazine rings is 1. The van der Waals surface area contributed by atoms with E-state index in [1.165, 1.54) is 4.90 Å². The SMILES string of the molecule is [NH][C@H](CCN1CCNCC1)CSc1ccccc1. The smallest absolute Gasteiger partial charge is 0.0319 e. The Morgan fingerprint density at radius 2 is 1.94 bits per heavy atom. The predicted octanol–water partition coefficient (Wildman–Crippen LogP) is 1.73. The van der Waals surface area contributed by atoms with Gasteiger partial charge in [0.05, 0.1) is 0 Å². The highest BCUT2D eigenvalue weighted by Crippen LogP contribution is 2.18. The van der Waals surface area contributed by atoms with Gasteiger partial charge in [-0.05, 0) is 25.1 Å². The number of hydrogen-bond donors (Lipinski definition) is 1. The Morgan fingerprint density at radius 3 is 2.67 bits per heavy atom. The van der Waals surface area contributed by atoms with Gasteiger partial charge in [-0.15, -0.1) is 11.8 Å². The Kier molecular flexibility index (Phi) is 6.00. The summed E-state index contributed by atoms with van der Waals surface area (Å²) in [5, 5.41) is 3.36. The molecular weight excluding hydrogens is 242 g/mol. The largest absolute Gasteiger partial charge is 0.314 e. The number of rotatable bonds is 6. The van der Waals surface area contributed by atoms with Gasteiger partial charge in [-0.2, -0.15) is 0 Å². The molecule has 0 bridgehead atoms. The topological polar surface area (TPSA) is 39.1 Å². The average molecular weight is 264 g/mol. The van der Waals surface area contributed by atoms with Crippen molar-refractivity contribution in [1.29, 1.82) is 0 Å². The van der Waals surface area contributed by atoms with Gasteiger partial charge in [-0.1, -0.05) is 18.2 Å². The van der Waals surface area contributed by atoms with Crippen molar-refractivity contribution < 1.29 is 0 Å². The van der Waals surface area contributed by atoms with E-state index in [0.717, 1.165) is 44.9 Å². The van der Waals surface area contributed by atoms with E-state index in [1.54, 1.807) is 11.8 Å². The summed E-state index contributed by atoms with van der Waals surface area (Å²) in [7, 11) is 0. The van der Waals surface area contributed by atoms with Crippen molar-refractivity contribution in [3.05, 3.63) is 30.3 Å². The van der Waals surface area contributed by atoms with Crippen molar-refractivity contribution in [3.8, 4) is 0 Å². The van der Waals surface area contributed by atoms with Gasteiger partial charge >= 0.3 is 0 Å². The molecule has 1 aromatic carbocycles. The molecule has 0 unspecified atom stereocenters. The number of thioether (sulfide) groups is 1. The molecule has 1 radical (unpaired) electrons. The van der Waals surface area contributed by atoms with Gasteiger partial charge in [0.25, 0.3) is 0 Å². The van der Waals surface area contributed by atoms with Crippen LogP contribution in [0.3, 0.4) is 0 Å². The van der Waals surface area contributed by atoms with E-state index in [2.05, 4.69) is 34.5 Å². The first-order valence-corrected chi connectivity index (χ1v) is 7.65. The molecule has 3 nitrogen and oxygen atoms in total. The van der Waals surface area contributed by atoms with E-state index in [1.807, 2.05) is 6.07 Å². The Balaban J connectivity index is 1.61. The summed E-state index contributed by atoms with van der Waals surface area (Å²) in [6.07, 6.45) is 0.986. The second-order valence-corrected chi connectivity index (χ2v) is 5.79. The molecule has 18 heavy (non-hydrogen) atoms. The molecule has 1 aromatic rings. The molecule has 0 spiro atoms. The number of nitrogens with one attached hydrogen (secondary N) is 2. The lowest BCUT2D eigenvalue weighted by Gasteiger charge is -2.27. The fraction of sp³-hybridized carbons (Fsp3) is 0.571. The molecule has 1 saturated heterocycles. The second kappa shape index (κ2) is 7.79. The number of nitrogens with zero attached hydrogens (tertiary/aromatic N) is 1. The van der Waals surface area contributed by atoms with Crippen molar-refractivity contribution in [3.63, 3.8) is 0 Å². The molecule has 1 fully saturated rings. The maximum atomic E-state index is 8.08. The van der Waals surface area contributed by atoms with E-state index in [4.69, 9.17) is 5.73 Å². The monoisotopic (exact) mass is 264 g/mol. The summed E-state index contributed by atoms with van der Waals surface area (Å²) in [5.74, 6) is 0.899. The van der Waals surface area contributed by atoms with Gasteiger partial charge in [0.15, 0.2) is 0 Å². The van der Waals surface area contributed by atoms with Crippen LogP contribution < -0.4 is 11.1 Å². The van der Waals surface area contributed by atoms with E-state index in [9.17, 15) is 0 Å². The van der Waals surface area contributed by atoms with Crippen LogP contribution in [0.2, 0.25) is 0 Å². The van der Waals surface area contributed by atoms with Crippen molar-refractivity contribution in [2.45, 2.75) is 17.4 Å². The number of hydrogen-bond acceptors (Lipinski definition) is 3. The minimum Gasteiger partial charge on any atom is -0.314 e. The van der Waals surface area contributed by atoms with Gasteiger partial charge in [0.2, 0.25) is 0 Å². The normalized spacial score (nSPS) is 18.7. The summed E-state index contributed by atoms with van der Waals surface area (Å²) in [6.45, 7) is 5.55. The van der Waals surface area contributed by atoms with Gasteiger partial charge in [-0.3, -0.25) is 5.73 Å². The second-order valence-electron chi connectivity index (χ2n) is 4.70. The van der Waals surface area contributed by atoms with Crippen molar-refractivity contribution in [2.24, 2.45) is 0 Å². The highest BCUT2D eigenvalue weighted by atomic mass is 32.2. The van der Waals surface area contributed by atoms with Gasteiger partial charge in [0.1, 0.15) is 0 Å². The fourth-order valence-electron chi connectivity index (χ4n) is 2.07. The van der Waals surface area contributed by atoms with E-state index in [0.29, 0.717) is 0 Å². The first-order valence-electron chi connectivity index (χ1n) is 6.66. The molecular formula is C14H22N3S. The molecule has 0 saturated carbocycles. The molecule has 2 N–H and O–H groups in total. The summed E-state index contributed by atoms with van der Waals surface area (Å²) in [5.41, 5.74) is 8.08. The highest BCUT2D eigenvalue weighted by molar-refractivity contribution is 7.99. The molecule has 2 rings (SSSR count). The third-order valence-electron chi connectivity index (χ3n) is 3.20. The summed E-state index contributed by atoms with van der Waals surface area (Å²) >= 11 is 1.80. The Morgan fingerprint density at radius 1 is 1.22 bits per heavy atom. The lowest BCUT2D eigenvalue weighted by molar-refractivity contribution is 0.234. The molecule has 0 amide bonds. The van der Waals surface area contributed by atoms with Crippen LogP contribution in [0.1, 0.15) is 6.42 Å². The minimum absolute atomic E-state index is 0.0464. The van der Waals surface area contributed by atoms with Gasteiger partial charge in [0, 0.05) is 42.9 Å². The zero-order chi connectivity index (χ0) is 12.6. The molecule has 1 atom stereocenters. The Bertz CT molecular complexity index is 325. The van der Waals surface area contributed by atoms with Crippen molar-refractivity contribution >= 4 is 11.8 Å². The highest BCUT2D eigenvalue weighted by Gasteiger charge is 2.11. The molecule has 1 aliphatic rings. The average Bonchev–Trinajstić information content (AvgIpc) is 2.45. The van der Waals surface area contributed by atoms with Crippen molar-refractivity contribution in [1.82, 2.24) is 16.0 Å². The van der Waals surface area contributed by atoms with Crippen LogP contribution in [0.5, 0.6) is 0 Å². The molecule has 0 aliphatic carbocycles. The van der Waals surface area contributed by atoms with Crippen LogP contribution in [0.25, 0.3) is 0 Å². The summed E-state index contributed by atoms with van der Waals surface area (Å²) in [6, 6.07) is 10.4. The van der Waals surface area contributed by atoms with Crippen LogP contribution in [0.15, 0.2) is 35.2 Å². The lowest BCUT2D eigenvalue weighted by Crippen LogP contribution is -2.44.